The minimum Gasteiger partial charge on any atom is -0.438 e. The Balaban J connectivity index is 1.77. The van der Waals surface area contributed by atoms with E-state index in [2.05, 4.69) is 20.3 Å². The minimum absolute atomic E-state index is 0.236. The molecule has 0 atom stereocenters. The summed E-state index contributed by atoms with van der Waals surface area (Å²) >= 11 is 0. The van der Waals surface area contributed by atoms with Gasteiger partial charge >= 0.3 is 0 Å². The van der Waals surface area contributed by atoms with Crippen molar-refractivity contribution in [2.45, 2.75) is 27.3 Å². The number of aromatic amines is 1. The summed E-state index contributed by atoms with van der Waals surface area (Å²) in [4.78, 5) is 23.5. The minimum atomic E-state index is -0.236. The number of nitrogens with one attached hydrogen (secondary N) is 2. The summed E-state index contributed by atoms with van der Waals surface area (Å²) in [6.07, 6.45) is 3.18. The van der Waals surface area contributed by atoms with E-state index in [0.29, 0.717) is 18.1 Å². The molecule has 128 valence electrons. The van der Waals surface area contributed by atoms with Crippen molar-refractivity contribution in [1.82, 2.24) is 20.3 Å². The lowest BCUT2D eigenvalue weighted by atomic mass is 10.1. The summed E-state index contributed by atoms with van der Waals surface area (Å²) < 4.78 is 6.03. The van der Waals surface area contributed by atoms with Crippen LogP contribution in [0.4, 0.5) is 0 Å². The molecule has 0 aliphatic heterocycles. The lowest BCUT2D eigenvalue weighted by molar-refractivity contribution is 0.0945. The van der Waals surface area contributed by atoms with Crippen molar-refractivity contribution in [3.63, 3.8) is 0 Å². The lowest BCUT2D eigenvalue weighted by Gasteiger charge is -2.14. The van der Waals surface area contributed by atoms with Crippen molar-refractivity contribution in [2.75, 3.05) is 0 Å². The molecule has 0 radical (unpaired) electrons. The molecule has 0 aliphatic carbocycles. The van der Waals surface area contributed by atoms with Gasteiger partial charge in [-0.25, -0.2) is 9.97 Å². The molecule has 0 fully saturated rings. The number of ether oxygens (including phenoxy) is 1. The van der Waals surface area contributed by atoms with Crippen LogP contribution >= 0.6 is 0 Å². The van der Waals surface area contributed by atoms with E-state index in [4.69, 9.17) is 4.74 Å². The van der Waals surface area contributed by atoms with E-state index in [1.807, 2.05) is 51.1 Å². The summed E-state index contributed by atoms with van der Waals surface area (Å²) in [5.74, 6) is 1.04. The molecule has 3 rings (SSSR count). The van der Waals surface area contributed by atoms with Crippen LogP contribution in [0.2, 0.25) is 0 Å². The predicted octanol–water partition coefficient (Wildman–Crippen LogP) is 3.45. The molecule has 0 spiro atoms. The van der Waals surface area contributed by atoms with Crippen molar-refractivity contribution in [3.8, 4) is 11.6 Å². The van der Waals surface area contributed by atoms with Gasteiger partial charge in [-0.15, -0.1) is 0 Å². The molecule has 1 amide bonds. The van der Waals surface area contributed by atoms with Gasteiger partial charge in [0, 0.05) is 24.0 Å². The highest BCUT2D eigenvalue weighted by atomic mass is 16.5. The van der Waals surface area contributed by atoms with Gasteiger partial charge in [0.25, 0.3) is 5.91 Å². The normalized spacial score (nSPS) is 10.5. The monoisotopic (exact) mass is 336 g/mol. The molecule has 0 saturated heterocycles. The number of amides is 1. The summed E-state index contributed by atoms with van der Waals surface area (Å²) in [6.45, 7) is 6.10. The number of benzene rings is 1. The van der Waals surface area contributed by atoms with Crippen LogP contribution in [0.15, 0.2) is 42.9 Å². The summed E-state index contributed by atoms with van der Waals surface area (Å²) in [7, 11) is 0. The summed E-state index contributed by atoms with van der Waals surface area (Å²) in [5.41, 5.74) is 3.99. The maximum atomic E-state index is 12.2. The van der Waals surface area contributed by atoms with Crippen LogP contribution in [0.25, 0.3) is 0 Å². The van der Waals surface area contributed by atoms with Crippen molar-refractivity contribution in [2.24, 2.45) is 0 Å². The Morgan fingerprint density at radius 2 is 1.88 bits per heavy atom. The number of carbonyl (C=O) groups is 1. The van der Waals surface area contributed by atoms with Crippen LogP contribution in [0.1, 0.15) is 32.9 Å². The maximum Gasteiger partial charge on any atom is 0.272 e. The average molecular weight is 336 g/mol. The molecule has 0 bridgehead atoms. The standard InChI is InChI=1S/C19H20N4O2/c1-12-6-4-7-13(2)17(12)25-19-15(8-5-9-20-19)10-21-18(24)16-14(3)22-11-23-16/h4-9,11H,10H2,1-3H3,(H,21,24)(H,22,23). The zero-order valence-corrected chi connectivity index (χ0v) is 14.5. The Bertz CT molecular complexity index is 882. The molecule has 1 aromatic carbocycles. The molecule has 2 aromatic heterocycles. The van der Waals surface area contributed by atoms with E-state index in [-0.39, 0.29) is 5.91 Å². The van der Waals surface area contributed by atoms with Crippen molar-refractivity contribution in [1.29, 1.82) is 0 Å². The van der Waals surface area contributed by atoms with Crippen LogP contribution in [-0.4, -0.2) is 20.9 Å². The molecule has 0 saturated carbocycles. The summed E-state index contributed by atoms with van der Waals surface area (Å²) in [5, 5.41) is 2.86. The van der Waals surface area contributed by atoms with Crippen LogP contribution in [0.3, 0.4) is 0 Å². The number of rotatable bonds is 5. The predicted molar refractivity (Wildman–Crippen MR) is 94.7 cm³/mol. The van der Waals surface area contributed by atoms with Crippen LogP contribution in [0.5, 0.6) is 11.6 Å². The zero-order valence-electron chi connectivity index (χ0n) is 14.5. The van der Waals surface area contributed by atoms with Gasteiger partial charge in [-0.3, -0.25) is 4.79 Å². The van der Waals surface area contributed by atoms with Crippen LogP contribution in [-0.2, 0) is 6.54 Å². The van der Waals surface area contributed by atoms with Gasteiger partial charge in [-0.1, -0.05) is 24.3 Å². The first-order chi connectivity index (χ1) is 12.1. The second kappa shape index (κ2) is 7.17. The number of hydrogen-bond acceptors (Lipinski definition) is 4. The first kappa shape index (κ1) is 16.7. The quantitative estimate of drug-likeness (QED) is 0.748. The Labute approximate surface area is 146 Å². The number of carbonyl (C=O) groups excluding carboxylic acids is 1. The number of pyridine rings is 1. The molecular formula is C19H20N4O2. The van der Waals surface area contributed by atoms with Crippen LogP contribution in [0, 0.1) is 20.8 Å². The largest absolute Gasteiger partial charge is 0.438 e. The highest BCUT2D eigenvalue weighted by molar-refractivity contribution is 5.93. The molecule has 0 aliphatic rings. The van der Waals surface area contributed by atoms with Gasteiger partial charge in [-0.2, -0.15) is 0 Å². The van der Waals surface area contributed by atoms with E-state index in [9.17, 15) is 4.79 Å². The number of aromatic nitrogens is 3. The number of H-pyrrole nitrogens is 1. The Morgan fingerprint density at radius 1 is 1.12 bits per heavy atom. The number of para-hydroxylation sites is 1. The first-order valence-electron chi connectivity index (χ1n) is 8.02. The number of aryl methyl sites for hydroxylation is 3. The number of imidazole rings is 1. The summed E-state index contributed by atoms with van der Waals surface area (Å²) in [6, 6.07) is 9.68. The van der Waals surface area contributed by atoms with E-state index >= 15 is 0 Å². The van der Waals surface area contributed by atoms with Gasteiger partial charge in [0.1, 0.15) is 11.4 Å². The average Bonchev–Trinajstić information content (AvgIpc) is 3.03. The highest BCUT2D eigenvalue weighted by Crippen LogP contribution is 2.29. The van der Waals surface area contributed by atoms with Gasteiger partial charge in [0.15, 0.2) is 0 Å². The fraction of sp³-hybridized carbons (Fsp3) is 0.211. The topological polar surface area (TPSA) is 79.9 Å². The number of nitrogens with zero attached hydrogens (tertiary/aromatic N) is 2. The van der Waals surface area contributed by atoms with Crippen LogP contribution < -0.4 is 10.1 Å². The lowest BCUT2D eigenvalue weighted by Crippen LogP contribution is -2.24. The Hall–Kier alpha value is -3.15. The van der Waals surface area contributed by atoms with Crippen molar-refractivity contribution >= 4 is 5.91 Å². The van der Waals surface area contributed by atoms with Crippen molar-refractivity contribution < 1.29 is 9.53 Å². The van der Waals surface area contributed by atoms with Crippen molar-refractivity contribution in [3.05, 3.63) is 70.9 Å². The third-order valence-electron chi connectivity index (χ3n) is 3.94. The molecule has 25 heavy (non-hydrogen) atoms. The first-order valence-corrected chi connectivity index (χ1v) is 8.02. The molecule has 0 unspecified atom stereocenters. The Morgan fingerprint density at radius 3 is 2.56 bits per heavy atom. The highest BCUT2D eigenvalue weighted by Gasteiger charge is 2.14. The SMILES string of the molecule is Cc1cccc(C)c1Oc1ncccc1CNC(=O)c1nc[nH]c1C. The van der Waals surface area contributed by atoms with E-state index in [1.165, 1.54) is 6.33 Å². The van der Waals surface area contributed by atoms with E-state index < -0.39 is 0 Å². The van der Waals surface area contributed by atoms with Gasteiger partial charge in [-0.05, 0) is 38.0 Å². The van der Waals surface area contributed by atoms with Gasteiger partial charge < -0.3 is 15.0 Å². The maximum absolute atomic E-state index is 12.2. The number of hydrogen-bond donors (Lipinski definition) is 2. The van der Waals surface area contributed by atoms with Gasteiger partial charge in [0.2, 0.25) is 5.88 Å². The molecule has 3 aromatic rings. The molecule has 2 heterocycles. The molecular weight excluding hydrogens is 316 g/mol. The Kier molecular flexibility index (Phi) is 4.79. The molecule has 6 heteroatoms. The third kappa shape index (κ3) is 3.68. The zero-order chi connectivity index (χ0) is 17.8. The van der Waals surface area contributed by atoms with E-state index in [0.717, 1.165) is 28.1 Å². The molecule has 6 nitrogen and oxygen atoms in total. The van der Waals surface area contributed by atoms with Gasteiger partial charge in [0.05, 0.1) is 6.33 Å². The second-order valence-electron chi connectivity index (χ2n) is 5.85. The molecule has 2 N–H and O–H groups in total. The fourth-order valence-electron chi connectivity index (χ4n) is 2.55. The second-order valence-corrected chi connectivity index (χ2v) is 5.85. The third-order valence-corrected chi connectivity index (χ3v) is 3.94. The smallest absolute Gasteiger partial charge is 0.272 e. The van der Waals surface area contributed by atoms with E-state index in [1.54, 1.807) is 6.20 Å². The fourth-order valence-corrected chi connectivity index (χ4v) is 2.55.